The van der Waals surface area contributed by atoms with E-state index in [2.05, 4.69) is 21.2 Å². The van der Waals surface area contributed by atoms with Gasteiger partial charge in [0.05, 0.1) is 11.6 Å². The minimum atomic E-state index is -1.33. The van der Waals surface area contributed by atoms with Crippen molar-refractivity contribution in [2.24, 2.45) is 0 Å². The molecule has 0 bridgehead atoms. The van der Waals surface area contributed by atoms with Crippen LogP contribution in [0, 0.1) is 0 Å². The van der Waals surface area contributed by atoms with E-state index >= 15 is 0 Å². The number of carbonyl (C=O) groups excluding carboxylic acids is 1. The summed E-state index contributed by atoms with van der Waals surface area (Å²) in [6.45, 7) is -0.675. The zero-order valence-electron chi connectivity index (χ0n) is 8.48. The highest BCUT2D eigenvalue weighted by Gasteiger charge is 2.19. The predicted molar refractivity (Wildman–Crippen MR) is 65.1 cm³/mol. The Labute approximate surface area is 111 Å². The maximum Gasteiger partial charge on any atom is 0.328 e. The summed E-state index contributed by atoms with van der Waals surface area (Å²) < 4.78 is 0.632. The Balaban J connectivity index is 2.82. The van der Waals surface area contributed by atoms with Gasteiger partial charge >= 0.3 is 5.97 Å². The smallest absolute Gasteiger partial charge is 0.328 e. The fourth-order valence-corrected chi connectivity index (χ4v) is 1.49. The van der Waals surface area contributed by atoms with Crippen LogP contribution in [0.2, 0.25) is 5.02 Å². The number of aliphatic hydroxyl groups is 1. The summed E-state index contributed by atoms with van der Waals surface area (Å²) in [6, 6.07) is 3.13. The second-order valence-electron chi connectivity index (χ2n) is 3.18. The molecule has 1 rings (SSSR count). The molecule has 0 aliphatic rings. The number of carboxylic acid groups (broad SMARTS) is 1. The van der Waals surface area contributed by atoms with Gasteiger partial charge in [0, 0.05) is 10.0 Å². The lowest BCUT2D eigenvalue weighted by Crippen LogP contribution is -2.43. The van der Waals surface area contributed by atoms with Crippen LogP contribution in [0.25, 0.3) is 0 Å². The summed E-state index contributed by atoms with van der Waals surface area (Å²) in [4.78, 5) is 22.2. The van der Waals surface area contributed by atoms with Gasteiger partial charge in [0.15, 0.2) is 6.04 Å². The second-order valence-corrected chi connectivity index (χ2v) is 4.44. The van der Waals surface area contributed by atoms with Crippen LogP contribution in [-0.2, 0) is 4.79 Å². The molecule has 92 valence electrons. The second kappa shape index (κ2) is 6.00. The Morgan fingerprint density at radius 1 is 1.47 bits per heavy atom. The molecule has 5 nitrogen and oxygen atoms in total. The first kappa shape index (κ1) is 14.0. The van der Waals surface area contributed by atoms with E-state index in [-0.39, 0.29) is 5.56 Å². The molecule has 7 heteroatoms. The summed E-state index contributed by atoms with van der Waals surface area (Å²) in [7, 11) is 0. The highest BCUT2D eigenvalue weighted by molar-refractivity contribution is 9.10. The minimum absolute atomic E-state index is 0.220. The molecule has 0 fully saturated rings. The van der Waals surface area contributed by atoms with Gasteiger partial charge in [0.1, 0.15) is 0 Å². The number of nitrogens with one attached hydrogen (secondary N) is 1. The van der Waals surface area contributed by atoms with Crippen LogP contribution in [-0.4, -0.2) is 34.7 Å². The van der Waals surface area contributed by atoms with Crippen LogP contribution in [0.1, 0.15) is 10.4 Å². The predicted octanol–water partition coefficient (Wildman–Crippen LogP) is 1.28. The minimum Gasteiger partial charge on any atom is -0.480 e. The number of amides is 1. The molecule has 0 unspecified atom stereocenters. The highest BCUT2D eigenvalue weighted by atomic mass is 79.9. The van der Waals surface area contributed by atoms with Gasteiger partial charge in [-0.2, -0.15) is 0 Å². The zero-order chi connectivity index (χ0) is 13.0. The highest BCUT2D eigenvalue weighted by Crippen LogP contribution is 2.23. The quantitative estimate of drug-likeness (QED) is 0.779. The van der Waals surface area contributed by atoms with Gasteiger partial charge in [-0.25, -0.2) is 4.79 Å². The third-order valence-corrected chi connectivity index (χ3v) is 3.20. The molecule has 1 atom stereocenters. The molecule has 1 aromatic rings. The van der Waals surface area contributed by atoms with E-state index in [4.69, 9.17) is 21.8 Å². The summed E-state index contributed by atoms with van der Waals surface area (Å²) >= 11 is 8.97. The van der Waals surface area contributed by atoms with Gasteiger partial charge in [-0.1, -0.05) is 11.6 Å². The number of aliphatic carboxylic acids is 1. The number of carboxylic acids is 1. The van der Waals surface area contributed by atoms with Gasteiger partial charge in [0.25, 0.3) is 5.91 Å². The molecule has 0 spiro atoms. The molecule has 17 heavy (non-hydrogen) atoms. The lowest BCUT2D eigenvalue weighted by atomic mass is 10.2. The Hall–Kier alpha value is -1.11. The first-order valence-corrected chi connectivity index (χ1v) is 5.72. The molecule has 0 heterocycles. The van der Waals surface area contributed by atoms with E-state index in [0.29, 0.717) is 9.50 Å². The molecule has 0 saturated carbocycles. The number of aliphatic hydroxyl groups excluding tert-OH is 1. The molecule has 0 saturated heterocycles. The van der Waals surface area contributed by atoms with Crippen molar-refractivity contribution >= 4 is 39.4 Å². The van der Waals surface area contributed by atoms with Crippen molar-refractivity contribution < 1.29 is 19.8 Å². The summed E-state index contributed by atoms with van der Waals surface area (Å²) in [5.41, 5.74) is 0.220. The van der Waals surface area contributed by atoms with Crippen molar-refractivity contribution in [1.29, 1.82) is 0 Å². The standard InChI is InChI=1S/C10H9BrClNO4/c11-6-2-1-5(3-7(6)12)9(15)13-8(4-14)10(16)17/h1-3,8,14H,4H2,(H,13,15)(H,16,17)/t8-/m0/s1. The number of hydrogen-bond acceptors (Lipinski definition) is 3. The SMILES string of the molecule is O=C(N[C@@H](CO)C(=O)O)c1ccc(Br)c(Cl)c1. The summed E-state index contributed by atoms with van der Waals surface area (Å²) in [5, 5.41) is 19.9. The average molecular weight is 323 g/mol. The van der Waals surface area contributed by atoms with E-state index in [1.807, 2.05) is 0 Å². The van der Waals surface area contributed by atoms with Gasteiger partial charge in [-0.3, -0.25) is 4.79 Å². The summed E-state index contributed by atoms with van der Waals surface area (Å²) in [5.74, 6) is -1.91. The lowest BCUT2D eigenvalue weighted by Gasteiger charge is -2.11. The molecule has 0 radical (unpaired) electrons. The number of carbonyl (C=O) groups is 2. The zero-order valence-corrected chi connectivity index (χ0v) is 10.8. The van der Waals surface area contributed by atoms with Crippen molar-refractivity contribution in [3.05, 3.63) is 33.3 Å². The Morgan fingerprint density at radius 2 is 2.12 bits per heavy atom. The Morgan fingerprint density at radius 3 is 2.59 bits per heavy atom. The number of rotatable bonds is 4. The first-order valence-electron chi connectivity index (χ1n) is 4.55. The monoisotopic (exact) mass is 321 g/mol. The van der Waals surface area contributed by atoms with Crippen LogP contribution in [0.4, 0.5) is 0 Å². The summed E-state index contributed by atoms with van der Waals surface area (Å²) in [6.07, 6.45) is 0. The van der Waals surface area contributed by atoms with Crippen molar-refractivity contribution in [3.63, 3.8) is 0 Å². The molecule has 0 aliphatic heterocycles. The van der Waals surface area contributed by atoms with Crippen LogP contribution in [0.5, 0.6) is 0 Å². The molecule has 3 N–H and O–H groups in total. The Bertz CT molecular complexity index is 452. The van der Waals surface area contributed by atoms with Crippen LogP contribution in [0.15, 0.2) is 22.7 Å². The number of hydrogen-bond donors (Lipinski definition) is 3. The lowest BCUT2D eigenvalue weighted by molar-refractivity contribution is -0.140. The normalized spacial score (nSPS) is 11.9. The van der Waals surface area contributed by atoms with Gasteiger partial charge in [-0.05, 0) is 34.1 Å². The van der Waals surface area contributed by atoms with Crippen molar-refractivity contribution in [2.75, 3.05) is 6.61 Å². The first-order chi connectivity index (χ1) is 7.95. The fourth-order valence-electron chi connectivity index (χ4n) is 1.06. The van der Waals surface area contributed by atoms with Crippen LogP contribution >= 0.6 is 27.5 Å². The van der Waals surface area contributed by atoms with E-state index in [9.17, 15) is 9.59 Å². The topological polar surface area (TPSA) is 86.6 Å². The van der Waals surface area contributed by atoms with Crippen LogP contribution < -0.4 is 5.32 Å². The Kier molecular flexibility index (Phi) is 4.92. The van der Waals surface area contributed by atoms with E-state index in [1.165, 1.54) is 12.1 Å². The average Bonchev–Trinajstić information content (AvgIpc) is 2.28. The molecule has 0 aliphatic carbocycles. The van der Waals surface area contributed by atoms with Crippen molar-refractivity contribution in [2.45, 2.75) is 6.04 Å². The van der Waals surface area contributed by atoms with Gasteiger partial charge < -0.3 is 15.5 Å². The number of benzene rings is 1. The van der Waals surface area contributed by atoms with E-state index in [1.54, 1.807) is 6.07 Å². The fraction of sp³-hybridized carbons (Fsp3) is 0.200. The van der Waals surface area contributed by atoms with Gasteiger partial charge in [0.2, 0.25) is 0 Å². The molecule has 1 aromatic carbocycles. The third-order valence-electron chi connectivity index (χ3n) is 1.97. The number of halogens is 2. The largest absolute Gasteiger partial charge is 0.480 e. The third kappa shape index (κ3) is 3.69. The molecule has 1 amide bonds. The maximum atomic E-state index is 11.6. The van der Waals surface area contributed by atoms with Crippen molar-refractivity contribution in [1.82, 2.24) is 5.32 Å². The van der Waals surface area contributed by atoms with E-state index < -0.39 is 24.5 Å². The maximum absolute atomic E-state index is 11.6. The van der Waals surface area contributed by atoms with E-state index in [0.717, 1.165) is 0 Å². The molecular formula is C10H9BrClNO4. The molecule has 0 aromatic heterocycles. The van der Waals surface area contributed by atoms with Crippen molar-refractivity contribution in [3.8, 4) is 0 Å². The van der Waals surface area contributed by atoms with Crippen LogP contribution in [0.3, 0.4) is 0 Å². The molecular weight excluding hydrogens is 313 g/mol. The van der Waals surface area contributed by atoms with Gasteiger partial charge in [-0.15, -0.1) is 0 Å².